The molecule has 0 atom stereocenters. The van der Waals surface area contributed by atoms with Gasteiger partial charge in [-0.3, -0.25) is 0 Å². The van der Waals surface area contributed by atoms with Gasteiger partial charge in [-0.2, -0.15) is 0 Å². The van der Waals surface area contributed by atoms with Crippen LogP contribution in [-0.2, 0) is 4.74 Å². The van der Waals surface area contributed by atoms with Gasteiger partial charge in [0.25, 0.3) is 0 Å². The lowest BCUT2D eigenvalue weighted by Crippen LogP contribution is -2.39. The maximum absolute atomic E-state index is 12.3. The zero-order valence-electron chi connectivity index (χ0n) is 16.0. The molecule has 0 radical (unpaired) electrons. The molecule has 1 heterocycles. The number of allylic oxidation sites excluding steroid dienone is 1. The summed E-state index contributed by atoms with van der Waals surface area (Å²) in [7, 11) is 0. The van der Waals surface area contributed by atoms with Crippen LogP contribution in [0.4, 0.5) is 10.5 Å². The molecule has 0 unspecified atom stereocenters. The highest BCUT2D eigenvalue weighted by molar-refractivity contribution is 5.89. The van der Waals surface area contributed by atoms with E-state index in [2.05, 4.69) is 4.90 Å². The van der Waals surface area contributed by atoms with E-state index < -0.39 is 11.6 Å². The molecule has 1 aromatic carbocycles. The van der Waals surface area contributed by atoms with E-state index in [4.69, 9.17) is 4.74 Å². The summed E-state index contributed by atoms with van der Waals surface area (Å²) < 4.78 is 5.47. The Balaban J connectivity index is 2.16. The second kappa shape index (κ2) is 8.25. The third-order valence-corrected chi connectivity index (χ3v) is 4.11. The number of aromatic carboxylic acids is 1. The first-order chi connectivity index (χ1) is 12.2. The molecule has 1 aliphatic heterocycles. The van der Waals surface area contributed by atoms with Crippen molar-refractivity contribution >= 4 is 23.8 Å². The van der Waals surface area contributed by atoms with Crippen molar-refractivity contribution in [3.63, 3.8) is 0 Å². The number of benzene rings is 1. The average Bonchev–Trinajstić information content (AvgIpc) is 2.79. The number of rotatable bonds is 3. The van der Waals surface area contributed by atoms with Crippen LogP contribution < -0.4 is 4.90 Å². The van der Waals surface area contributed by atoms with Crippen molar-refractivity contribution in [3.8, 4) is 0 Å². The molecule has 0 aromatic heterocycles. The minimum absolute atomic E-state index is 0.270. The van der Waals surface area contributed by atoms with E-state index in [1.807, 2.05) is 45.9 Å². The van der Waals surface area contributed by atoms with Crippen LogP contribution in [0.1, 0.15) is 50.0 Å². The first kappa shape index (κ1) is 19.8. The molecule has 6 nitrogen and oxygen atoms in total. The smallest absolute Gasteiger partial charge is 0.410 e. The van der Waals surface area contributed by atoms with Gasteiger partial charge in [-0.05, 0) is 57.9 Å². The fraction of sp³-hybridized carbons (Fsp3) is 0.500. The highest BCUT2D eigenvalue weighted by Gasteiger charge is 2.25. The summed E-state index contributed by atoms with van der Waals surface area (Å²) in [5.41, 5.74) is 1.62. The first-order valence-electron chi connectivity index (χ1n) is 8.94. The number of ether oxygens (including phenoxy) is 1. The molecular formula is C20H28N2O4. The molecule has 1 amide bonds. The Hall–Kier alpha value is -2.50. The normalized spacial score (nSPS) is 15.8. The zero-order valence-corrected chi connectivity index (χ0v) is 16.0. The Kier molecular flexibility index (Phi) is 6.29. The third-order valence-electron chi connectivity index (χ3n) is 4.11. The molecular weight excluding hydrogens is 332 g/mol. The molecule has 1 saturated heterocycles. The van der Waals surface area contributed by atoms with Crippen molar-refractivity contribution in [1.29, 1.82) is 0 Å². The van der Waals surface area contributed by atoms with Crippen LogP contribution in [-0.4, -0.2) is 53.8 Å². The molecule has 142 valence electrons. The lowest BCUT2D eigenvalue weighted by atomic mass is 10.1. The topological polar surface area (TPSA) is 70.1 Å². The predicted molar refractivity (Wildman–Crippen MR) is 103 cm³/mol. The third kappa shape index (κ3) is 5.25. The summed E-state index contributed by atoms with van der Waals surface area (Å²) >= 11 is 0. The number of anilines is 1. The maximum Gasteiger partial charge on any atom is 0.410 e. The summed E-state index contributed by atoms with van der Waals surface area (Å²) in [4.78, 5) is 27.5. The fourth-order valence-corrected chi connectivity index (χ4v) is 2.96. The predicted octanol–water partition coefficient (Wildman–Crippen LogP) is 3.87. The van der Waals surface area contributed by atoms with E-state index in [1.54, 1.807) is 17.0 Å². The van der Waals surface area contributed by atoms with Crippen molar-refractivity contribution < 1.29 is 19.4 Å². The van der Waals surface area contributed by atoms with Crippen LogP contribution in [0.5, 0.6) is 0 Å². The largest absolute Gasteiger partial charge is 0.478 e. The van der Waals surface area contributed by atoms with Gasteiger partial charge in [-0.25, -0.2) is 9.59 Å². The Bertz CT molecular complexity index is 692. The van der Waals surface area contributed by atoms with Crippen LogP contribution in [0, 0.1) is 0 Å². The second-order valence-electron chi connectivity index (χ2n) is 7.39. The monoisotopic (exact) mass is 360 g/mol. The Labute approximate surface area is 155 Å². The average molecular weight is 360 g/mol. The molecule has 0 spiro atoms. The van der Waals surface area contributed by atoms with Gasteiger partial charge in [0.1, 0.15) is 5.60 Å². The fourth-order valence-electron chi connectivity index (χ4n) is 2.96. The van der Waals surface area contributed by atoms with Gasteiger partial charge in [0.2, 0.25) is 0 Å². The summed E-state index contributed by atoms with van der Waals surface area (Å²) in [5, 5.41) is 9.22. The number of carboxylic acids is 1. The number of hydrogen-bond acceptors (Lipinski definition) is 4. The second-order valence-corrected chi connectivity index (χ2v) is 7.39. The van der Waals surface area contributed by atoms with E-state index >= 15 is 0 Å². The lowest BCUT2D eigenvalue weighted by Gasteiger charge is -2.27. The van der Waals surface area contributed by atoms with Crippen molar-refractivity contribution in [1.82, 2.24) is 4.90 Å². The SMILES string of the molecule is C/C=C\c1cc(C(=O)O)ccc1N1CCCN(C(=O)OC(C)(C)C)CC1. The molecule has 2 rings (SSSR count). The van der Waals surface area contributed by atoms with E-state index in [0.29, 0.717) is 19.6 Å². The van der Waals surface area contributed by atoms with Gasteiger partial charge in [-0.15, -0.1) is 0 Å². The molecule has 0 aliphatic carbocycles. The van der Waals surface area contributed by atoms with E-state index in [1.165, 1.54) is 0 Å². The standard InChI is InChI=1S/C20H28N2O4/c1-5-7-15-14-16(18(23)24)8-9-17(15)21-10-6-11-22(13-12-21)19(25)26-20(2,3)4/h5,7-9,14H,6,10-13H2,1-4H3,(H,23,24)/b7-5-. The van der Waals surface area contributed by atoms with Gasteiger partial charge >= 0.3 is 12.1 Å². The van der Waals surface area contributed by atoms with E-state index in [-0.39, 0.29) is 11.7 Å². The van der Waals surface area contributed by atoms with E-state index in [9.17, 15) is 14.7 Å². The quantitative estimate of drug-likeness (QED) is 0.886. The molecule has 6 heteroatoms. The summed E-state index contributed by atoms with van der Waals surface area (Å²) in [5.74, 6) is -0.936. The summed E-state index contributed by atoms with van der Waals surface area (Å²) in [6.45, 7) is 10.2. The number of nitrogens with zero attached hydrogens (tertiary/aromatic N) is 2. The number of hydrogen-bond donors (Lipinski definition) is 1. The van der Waals surface area contributed by atoms with Crippen LogP contribution >= 0.6 is 0 Å². The van der Waals surface area contributed by atoms with Crippen molar-refractivity contribution in [2.45, 2.75) is 39.7 Å². The molecule has 1 aliphatic rings. The number of carboxylic acid groups (broad SMARTS) is 1. The zero-order chi connectivity index (χ0) is 19.3. The summed E-state index contributed by atoms with van der Waals surface area (Å²) in [6.07, 6.45) is 4.36. The van der Waals surface area contributed by atoms with Crippen LogP contribution in [0.2, 0.25) is 0 Å². The first-order valence-corrected chi connectivity index (χ1v) is 8.94. The van der Waals surface area contributed by atoms with Crippen molar-refractivity contribution in [2.75, 3.05) is 31.1 Å². The molecule has 1 fully saturated rings. The van der Waals surface area contributed by atoms with Crippen LogP contribution in [0.15, 0.2) is 24.3 Å². The van der Waals surface area contributed by atoms with Gasteiger partial charge in [-0.1, -0.05) is 12.2 Å². The van der Waals surface area contributed by atoms with Crippen LogP contribution in [0.25, 0.3) is 6.08 Å². The molecule has 1 aromatic rings. The Morgan fingerprint density at radius 2 is 1.88 bits per heavy atom. The minimum atomic E-state index is -0.936. The van der Waals surface area contributed by atoms with Gasteiger partial charge in [0.15, 0.2) is 0 Å². The number of carbonyl (C=O) groups is 2. The highest BCUT2D eigenvalue weighted by Crippen LogP contribution is 2.25. The number of carbonyl (C=O) groups excluding carboxylic acids is 1. The Morgan fingerprint density at radius 1 is 1.15 bits per heavy atom. The van der Waals surface area contributed by atoms with E-state index in [0.717, 1.165) is 24.2 Å². The van der Waals surface area contributed by atoms with Crippen molar-refractivity contribution in [3.05, 3.63) is 35.4 Å². The number of amides is 1. The highest BCUT2D eigenvalue weighted by atomic mass is 16.6. The van der Waals surface area contributed by atoms with Gasteiger partial charge in [0.05, 0.1) is 5.56 Å². The maximum atomic E-state index is 12.3. The lowest BCUT2D eigenvalue weighted by molar-refractivity contribution is 0.0263. The van der Waals surface area contributed by atoms with Gasteiger partial charge in [0, 0.05) is 31.9 Å². The van der Waals surface area contributed by atoms with Gasteiger partial charge < -0.3 is 19.6 Å². The van der Waals surface area contributed by atoms with Crippen molar-refractivity contribution in [2.24, 2.45) is 0 Å². The minimum Gasteiger partial charge on any atom is -0.478 e. The molecule has 1 N–H and O–H groups in total. The summed E-state index contributed by atoms with van der Waals surface area (Å²) in [6, 6.07) is 5.16. The van der Waals surface area contributed by atoms with Crippen LogP contribution in [0.3, 0.4) is 0 Å². The Morgan fingerprint density at radius 3 is 2.50 bits per heavy atom. The molecule has 26 heavy (non-hydrogen) atoms. The molecule has 0 bridgehead atoms. The molecule has 0 saturated carbocycles.